The van der Waals surface area contributed by atoms with Crippen molar-refractivity contribution in [2.75, 3.05) is 13.2 Å². The molecule has 38 atom stereocenters. The average Bonchev–Trinajstić information content (AvgIpc) is 1.39. The van der Waals surface area contributed by atoms with Crippen LogP contribution in [0.3, 0.4) is 0 Å². The molecule has 1 spiro atoms. The second-order valence-electron chi connectivity index (χ2n) is 33.9. The minimum atomic E-state index is -2.37. The summed E-state index contributed by atoms with van der Waals surface area (Å²) in [5, 5.41) is 183. The summed E-state index contributed by atoms with van der Waals surface area (Å²) in [7, 11) is 0. The van der Waals surface area contributed by atoms with E-state index in [2.05, 4.69) is 20.8 Å². The van der Waals surface area contributed by atoms with Gasteiger partial charge in [-0.25, -0.2) is 9.59 Å². The number of hydrogen-bond donors (Lipinski definition) is 16. The zero-order chi connectivity index (χ0) is 77.4. The van der Waals surface area contributed by atoms with Crippen LogP contribution in [-0.4, -0.2) is 303 Å². The molecule has 1 unspecified atom stereocenters. The molecule has 0 aromatic heterocycles. The SMILES string of the molecule is C/C=C(/C)C(=O)O[C@H]1[C@H](OC(=O)CCc2ccccc2)[C@]23C(O)O[C@@]4(CC[C@@H]5[C@@]6(C)CC[C@H](O[C@@H]7O[C@H](C(=O)O)[C@@H](O)[C@H](O[C@@H]8O[C@H](CO)[C@H](O)[C@H](O)[C@H]8O[C@@H]8O[C@@H](C)[C@H](O)[C@@H](O)[C@H]8O[C@@H]8O[C@@H](C)[C@H](O)[C@@H](O)[C@H]8O)[C@H]7O[C@@H]7O[C@H](CO)[C@H](O)[C@H](O)[C@H]7O)C(C)(C)[C@@H]6CC[C@@]5(C)[C@]4(C)C[C@H]2O)[C@@H]3CC1(C)C. The van der Waals surface area contributed by atoms with Crippen LogP contribution in [-0.2, 0) is 82.4 Å². The van der Waals surface area contributed by atoms with Gasteiger partial charge in [-0.1, -0.05) is 84.9 Å². The zero-order valence-electron chi connectivity index (χ0n) is 61.7. The summed E-state index contributed by atoms with van der Waals surface area (Å²) in [6.45, 7) is 18.6. The lowest BCUT2D eigenvalue weighted by atomic mass is 9.30. The van der Waals surface area contributed by atoms with Gasteiger partial charge in [0.25, 0.3) is 0 Å². The Morgan fingerprint density at radius 1 is 0.538 bits per heavy atom. The van der Waals surface area contributed by atoms with Crippen molar-refractivity contribution in [2.45, 2.75) is 330 Å². The Kier molecular flexibility index (Phi) is 23.4. The molecule has 32 heteroatoms. The molecule has 5 saturated carbocycles. The number of benzene rings is 1. The summed E-state index contributed by atoms with van der Waals surface area (Å²) in [6, 6.07) is 9.41. The summed E-state index contributed by atoms with van der Waals surface area (Å²) < 4.78 is 82.3. The van der Waals surface area contributed by atoms with Crippen LogP contribution in [0.4, 0.5) is 0 Å². The molecule has 2 bridgehead atoms. The van der Waals surface area contributed by atoms with E-state index in [4.69, 9.17) is 61.6 Å². The van der Waals surface area contributed by atoms with E-state index in [0.717, 1.165) is 5.56 Å². The molecule has 16 N–H and O–H groups in total. The smallest absolute Gasteiger partial charge is 0.335 e. The van der Waals surface area contributed by atoms with Crippen LogP contribution in [0.25, 0.3) is 0 Å². The highest BCUT2D eigenvalue weighted by molar-refractivity contribution is 5.88. The molecule has 0 amide bonds. The predicted octanol–water partition coefficient (Wildman–Crippen LogP) is -1.42. The number of rotatable bonds is 19. The lowest BCUT2D eigenvalue weighted by molar-refractivity contribution is -0.412. The number of fused-ring (bicyclic) bond motifs is 4. The van der Waals surface area contributed by atoms with Crippen molar-refractivity contribution >= 4 is 17.9 Å². The van der Waals surface area contributed by atoms with Crippen molar-refractivity contribution in [2.24, 2.45) is 50.2 Å². The van der Waals surface area contributed by atoms with Crippen LogP contribution >= 0.6 is 0 Å². The molecule has 6 saturated heterocycles. The minimum Gasteiger partial charge on any atom is -0.479 e. The number of aliphatic hydroxyl groups excluding tert-OH is 15. The number of carbonyl (C=O) groups excluding carboxylic acids is 2. The van der Waals surface area contributed by atoms with E-state index in [0.29, 0.717) is 50.5 Å². The number of aliphatic hydroxyl groups is 15. The van der Waals surface area contributed by atoms with Crippen molar-refractivity contribution < 1.29 is 158 Å². The Morgan fingerprint density at radius 3 is 1.69 bits per heavy atom. The third kappa shape index (κ3) is 13.3. The average molecular weight is 1510 g/mol. The number of allylic oxidation sites excluding steroid dienone is 1. The molecule has 600 valence electrons. The van der Waals surface area contributed by atoms with Gasteiger partial charge in [0.05, 0.1) is 48.6 Å². The van der Waals surface area contributed by atoms with E-state index in [9.17, 15) is 96.1 Å². The first kappa shape index (κ1) is 81.8. The van der Waals surface area contributed by atoms with Gasteiger partial charge >= 0.3 is 17.9 Å². The monoisotopic (exact) mass is 1510 g/mol. The summed E-state index contributed by atoms with van der Waals surface area (Å²) >= 11 is 0. The van der Waals surface area contributed by atoms with Crippen LogP contribution in [0.1, 0.15) is 140 Å². The molecular formula is C74H112O32. The largest absolute Gasteiger partial charge is 0.479 e. The molecule has 1 aromatic carbocycles. The number of hydrogen-bond acceptors (Lipinski definition) is 31. The minimum absolute atomic E-state index is 0.0414. The van der Waals surface area contributed by atoms with Crippen molar-refractivity contribution in [1.29, 1.82) is 0 Å². The maximum absolute atomic E-state index is 14.4. The van der Waals surface area contributed by atoms with E-state index in [1.54, 1.807) is 19.9 Å². The van der Waals surface area contributed by atoms with E-state index in [1.165, 1.54) is 13.8 Å². The number of carboxylic acids is 1. The Hall–Kier alpha value is -3.67. The number of carboxylic acid groups (broad SMARTS) is 1. The molecular weight excluding hydrogens is 1400 g/mol. The first-order valence-electron chi connectivity index (χ1n) is 37.3. The molecule has 12 rings (SSSR count). The van der Waals surface area contributed by atoms with Gasteiger partial charge in [0.15, 0.2) is 49.9 Å². The normalized spacial score (nSPS) is 51.2. The van der Waals surface area contributed by atoms with Gasteiger partial charge < -0.3 is 143 Å². The van der Waals surface area contributed by atoms with Crippen LogP contribution in [0.5, 0.6) is 0 Å². The molecule has 32 nitrogen and oxygen atoms in total. The van der Waals surface area contributed by atoms with Crippen LogP contribution in [0.2, 0.25) is 0 Å². The molecule has 6 aliphatic heterocycles. The fraction of sp³-hybridized carbons (Fsp3) is 0.851. The van der Waals surface area contributed by atoms with Crippen molar-refractivity contribution in [3.05, 3.63) is 47.5 Å². The highest BCUT2D eigenvalue weighted by Gasteiger charge is 2.86. The second-order valence-corrected chi connectivity index (χ2v) is 33.9. The standard InChI is InChI=1S/C74H112O32/c1-12-30(2)61(92)105-58-59(99-41(78)19-18-33-16-14-13-15-17-33)74-38(26-68(58,5)6)73(106-67(74)93)25-21-37-70(9)23-22-40(69(7,8)36(70)20-24-71(37,10)72(73,11)27-39(74)77)98-66-57(104-63-51(88)47(84)44(81)34(28-75)96-63)53(52(89)54(101-66)60(90)91)100-65-56(49(86)45(82)35(29-76)97-65)103-64-55(48(85)43(80)32(4)95-64)102-62-50(87)46(83)42(79)31(3)94-62/h12-17,31-32,34-40,42-59,62-67,75-77,79-89,93H,18-29H2,1-11H3,(H,90,91)/b30-12-/t31-,32-,34+,35+,36-,37+,38-,39+,40-,42-,43-,44-,45-,46+,47-,48+,49-,50+,51+,52-,53-,54-,55+,56+,57+,58-,59-,62-,63-,64-,65-,66+,67?,70-,71+,72-,73-,74+/m0/s1. The van der Waals surface area contributed by atoms with Crippen LogP contribution in [0.15, 0.2) is 42.0 Å². The van der Waals surface area contributed by atoms with Gasteiger partial charge in [-0.15, -0.1) is 0 Å². The topological polar surface area (TPSA) is 495 Å². The Balaban J connectivity index is 0.852. The fourth-order valence-electron chi connectivity index (χ4n) is 21.3. The van der Waals surface area contributed by atoms with Gasteiger partial charge in [-0.3, -0.25) is 4.79 Å². The predicted molar refractivity (Wildman–Crippen MR) is 358 cm³/mol. The zero-order valence-corrected chi connectivity index (χ0v) is 61.7. The Bertz CT molecular complexity index is 3290. The van der Waals surface area contributed by atoms with Crippen molar-refractivity contribution in [1.82, 2.24) is 0 Å². The maximum atomic E-state index is 14.4. The van der Waals surface area contributed by atoms with Crippen molar-refractivity contribution in [3.63, 3.8) is 0 Å². The summed E-state index contributed by atoms with van der Waals surface area (Å²) in [5.41, 5.74) is -5.42. The number of aryl methyl sites for hydroxylation is 1. The molecule has 11 fully saturated rings. The highest BCUT2D eigenvalue weighted by atomic mass is 16.8. The summed E-state index contributed by atoms with van der Waals surface area (Å²) in [6.07, 6.45) is -49.6. The summed E-state index contributed by atoms with van der Waals surface area (Å²) in [5.74, 6) is -3.96. The van der Waals surface area contributed by atoms with Crippen molar-refractivity contribution in [3.8, 4) is 0 Å². The third-order valence-corrected chi connectivity index (χ3v) is 27.5. The molecule has 0 radical (unpaired) electrons. The van der Waals surface area contributed by atoms with Crippen LogP contribution in [0, 0.1) is 50.2 Å². The quantitative estimate of drug-likeness (QED) is 0.0429. The molecule has 106 heavy (non-hydrogen) atoms. The molecule has 1 aromatic rings. The first-order chi connectivity index (χ1) is 49.7. The van der Waals surface area contributed by atoms with E-state index >= 15 is 0 Å². The number of ether oxygens (including phenoxy) is 13. The third-order valence-electron chi connectivity index (χ3n) is 27.5. The maximum Gasteiger partial charge on any atom is 0.335 e. The fourth-order valence-corrected chi connectivity index (χ4v) is 21.3. The van der Waals surface area contributed by atoms with E-state index < -0.39 is 259 Å². The van der Waals surface area contributed by atoms with Gasteiger partial charge in [0.1, 0.15) is 110 Å². The first-order valence-corrected chi connectivity index (χ1v) is 37.3. The lowest BCUT2D eigenvalue weighted by Crippen LogP contribution is -2.77. The highest BCUT2D eigenvalue weighted by Crippen LogP contribution is 2.82. The number of esters is 2. The van der Waals surface area contributed by atoms with Gasteiger partial charge in [0, 0.05) is 28.7 Å². The molecule has 6 heterocycles. The Morgan fingerprint density at radius 2 is 1.07 bits per heavy atom. The second kappa shape index (κ2) is 30.3. The van der Waals surface area contributed by atoms with E-state index in [1.807, 2.05) is 58.0 Å². The van der Waals surface area contributed by atoms with E-state index in [-0.39, 0.29) is 31.1 Å². The van der Waals surface area contributed by atoms with Crippen LogP contribution < -0.4 is 0 Å². The van der Waals surface area contributed by atoms with Gasteiger partial charge in [-0.05, 0) is 119 Å². The van der Waals surface area contributed by atoms with Gasteiger partial charge in [0.2, 0.25) is 0 Å². The lowest BCUT2D eigenvalue weighted by Gasteiger charge is -2.75. The Labute approximate surface area is 614 Å². The number of aliphatic carboxylic acids is 1. The molecule has 11 aliphatic rings. The summed E-state index contributed by atoms with van der Waals surface area (Å²) in [4.78, 5) is 41.8. The van der Waals surface area contributed by atoms with Gasteiger partial charge in [-0.2, -0.15) is 0 Å². The number of carbonyl (C=O) groups is 3. The molecule has 5 aliphatic carbocycles.